The van der Waals surface area contributed by atoms with E-state index in [4.69, 9.17) is 9.72 Å². The fourth-order valence-electron chi connectivity index (χ4n) is 3.50. The summed E-state index contributed by atoms with van der Waals surface area (Å²) in [5.74, 6) is 0.726. The lowest BCUT2D eigenvalue weighted by Crippen LogP contribution is -2.37. The fraction of sp³-hybridized carbons (Fsp3) is 0.647. The lowest BCUT2D eigenvalue weighted by Gasteiger charge is -2.31. The zero-order valence-corrected chi connectivity index (χ0v) is 15.2. The highest BCUT2D eigenvalue weighted by atomic mass is 32.1. The SMILES string of the molecule is Cc1csc([C@H]2CN(Cc3csc(C4CCCC4)n3)CCO2)n1. The molecule has 6 heteroatoms. The number of aryl methyl sites for hydroxylation is 1. The molecule has 2 aliphatic rings. The van der Waals surface area contributed by atoms with E-state index in [2.05, 4.69) is 20.6 Å². The molecule has 124 valence electrons. The van der Waals surface area contributed by atoms with Crippen LogP contribution in [0.3, 0.4) is 0 Å². The van der Waals surface area contributed by atoms with Crippen molar-refractivity contribution < 1.29 is 4.74 Å². The van der Waals surface area contributed by atoms with Crippen LogP contribution in [-0.2, 0) is 11.3 Å². The Balaban J connectivity index is 1.38. The Labute approximate surface area is 145 Å². The third-order valence-electron chi connectivity index (χ3n) is 4.72. The minimum Gasteiger partial charge on any atom is -0.368 e. The molecule has 0 unspecified atom stereocenters. The lowest BCUT2D eigenvalue weighted by atomic mass is 10.1. The van der Waals surface area contributed by atoms with Gasteiger partial charge in [-0.2, -0.15) is 0 Å². The Morgan fingerprint density at radius 2 is 2.00 bits per heavy atom. The summed E-state index contributed by atoms with van der Waals surface area (Å²) in [6, 6.07) is 0. The summed E-state index contributed by atoms with van der Waals surface area (Å²) in [4.78, 5) is 12.0. The first-order valence-electron chi connectivity index (χ1n) is 8.48. The Bertz CT molecular complexity index is 648. The van der Waals surface area contributed by atoms with Gasteiger partial charge in [-0.15, -0.1) is 22.7 Å². The number of aromatic nitrogens is 2. The van der Waals surface area contributed by atoms with Crippen LogP contribution in [-0.4, -0.2) is 34.6 Å². The summed E-state index contributed by atoms with van der Waals surface area (Å²) in [5, 5.41) is 6.83. The van der Waals surface area contributed by atoms with Crippen molar-refractivity contribution in [3.8, 4) is 0 Å². The normalized spacial score (nSPS) is 23.6. The van der Waals surface area contributed by atoms with Crippen LogP contribution in [0.2, 0.25) is 0 Å². The van der Waals surface area contributed by atoms with E-state index in [1.54, 1.807) is 11.3 Å². The van der Waals surface area contributed by atoms with Crippen LogP contribution < -0.4 is 0 Å². The van der Waals surface area contributed by atoms with E-state index < -0.39 is 0 Å². The maximum atomic E-state index is 5.92. The molecule has 23 heavy (non-hydrogen) atoms. The predicted molar refractivity (Wildman–Crippen MR) is 94.1 cm³/mol. The molecule has 0 spiro atoms. The van der Waals surface area contributed by atoms with E-state index in [0.29, 0.717) is 0 Å². The van der Waals surface area contributed by atoms with Gasteiger partial charge in [0.15, 0.2) is 0 Å². The van der Waals surface area contributed by atoms with E-state index in [1.807, 2.05) is 18.3 Å². The molecule has 0 aromatic carbocycles. The maximum absolute atomic E-state index is 5.92. The molecule has 1 saturated heterocycles. The summed E-state index contributed by atoms with van der Waals surface area (Å²) in [5.41, 5.74) is 2.32. The van der Waals surface area contributed by atoms with Gasteiger partial charge >= 0.3 is 0 Å². The number of thiazole rings is 2. The second-order valence-electron chi connectivity index (χ2n) is 6.58. The molecule has 0 amide bonds. The summed E-state index contributed by atoms with van der Waals surface area (Å²) >= 11 is 3.57. The van der Waals surface area contributed by atoms with E-state index in [0.717, 1.165) is 42.9 Å². The van der Waals surface area contributed by atoms with Gasteiger partial charge in [0.1, 0.15) is 11.1 Å². The smallest absolute Gasteiger partial charge is 0.123 e. The lowest BCUT2D eigenvalue weighted by molar-refractivity contribution is -0.0333. The van der Waals surface area contributed by atoms with Crippen molar-refractivity contribution in [3.63, 3.8) is 0 Å². The summed E-state index contributed by atoms with van der Waals surface area (Å²) in [6.07, 6.45) is 5.53. The van der Waals surface area contributed by atoms with Crippen molar-refractivity contribution in [2.75, 3.05) is 19.7 Å². The molecule has 3 heterocycles. The standard InChI is InChI=1S/C17H23N3OS2/c1-12-10-22-17(18-12)15-9-20(6-7-21-15)8-14-11-23-16(19-14)13-4-2-3-5-13/h10-11,13,15H,2-9H2,1H3/t15-/m1/s1. The molecule has 2 fully saturated rings. The third-order valence-corrected chi connectivity index (χ3v) is 6.83. The number of hydrogen-bond donors (Lipinski definition) is 0. The predicted octanol–water partition coefficient (Wildman–Crippen LogP) is 4.14. The number of nitrogens with zero attached hydrogens (tertiary/aromatic N) is 3. The van der Waals surface area contributed by atoms with Crippen LogP contribution in [0.15, 0.2) is 10.8 Å². The van der Waals surface area contributed by atoms with Crippen molar-refractivity contribution in [1.29, 1.82) is 0 Å². The van der Waals surface area contributed by atoms with Crippen LogP contribution in [0.4, 0.5) is 0 Å². The number of ether oxygens (including phenoxy) is 1. The topological polar surface area (TPSA) is 38.2 Å². The highest BCUT2D eigenvalue weighted by molar-refractivity contribution is 7.10. The number of morpholine rings is 1. The van der Waals surface area contributed by atoms with Crippen LogP contribution in [0.1, 0.15) is 59.1 Å². The third kappa shape index (κ3) is 3.65. The van der Waals surface area contributed by atoms with Crippen LogP contribution in [0.25, 0.3) is 0 Å². The van der Waals surface area contributed by atoms with Gasteiger partial charge in [0.2, 0.25) is 0 Å². The monoisotopic (exact) mass is 349 g/mol. The molecule has 0 radical (unpaired) electrons. The highest BCUT2D eigenvalue weighted by Crippen LogP contribution is 2.36. The fourth-order valence-corrected chi connectivity index (χ4v) is 5.32. The van der Waals surface area contributed by atoms with Crippen molar-refractivity contribution in [2.45, 2.75) is 51.2 Å². The molecule has 4 nitrogen and oxygen atoms in total. The summed E-state index contributed by atoms with van der Waals surface area (Å²) in [6.45, 7) is 5.66. The van der Waals surface area contributed by atoms with Gasteiger partial charge < -0.3 is 4.74 Å². The van der Waals surface area contributed by atoms with Gasteiger partial charge in [-0.05, 0) is 19.8 Å². The van der Waals surface area contributed by atoms with E-state index in [-0.39, 0.29) is 6.10 Å². The van der Waals surface area contributed by atoms with Gasteiger partial charge in [0, 0.05) is 42.0 Å². The van der Waals surface area contributed by atoms with Crippen LogP contribution in [0.5, 0.6) is 0 Å². The van der Waals surface area contributed by atoms with Gasteiger partial charge in [0.05, 0.1) is 17.3 Å². The molecule has 1 aliphatic heterocycles. The molecule has 1 atom stereocenters. The number of rotatable bonds is 4. The molecule has 2 aromatic rings. The Morgan fingerprint density at radius 1 is 1.17 bits per heavy atom. The largest absolute Gasteiger partial charge is 0.368 e. The Hall–Kier alpha value is -0.820. The average molecular weight is 350 g/mol. The second-order valence-corrected chi connectivity index (χ2v) is 8.36. The van der Waals surface area contributed by atoms with Crippen LogP contribution in [0, 0.1) is 6.92 Å². The van der Waals surface area contributed by atoms with Crippen molar-refractivity contribution >= 4 is 22.7 Å². The molecule has 1 aliphatic carbocycles. The minimum atomic E-state index is 0.121. The molecule has 1 saturated carbocycles. The first-order chi connectivity index (χ1) is 11.3. The first-order valence-corrected chi connectivity index (χ1v) is 10.2. The maximum Gasteiger partial charge on any atom is 0.123 e. The summed E-state index contributed by atoms with van der Waals surface area (Å²) < 4.78 is 5.92. The van der Waals surface area contributed by atoms with Crippen LogP contribution >= 0.6 is 22.7 Å². The van der Waals surface area contributed by atoms with Crippen molar-refractivity contribution in [2.24, 2.45) is 0 Å². The first kappa shape index (κ1) is 15.7. The molecule has 4 rings (SSSR count). The minimum absolute atomic E-state index is 0.121. The zero-order valence-electron chi connectivity index (χ0n) is 13.5. The molecule has 2 aromatic heterocycles. The number of hydrogen-bond acceptors (Lipinski definition) is 6. The Morgan fingerprint density at radius 3 is 2.78 bits per heavy atom. The van der Waals surface area contributed by atoms with Crippen molar-refractivity contribution in [1.82, 2.24) is 14.9 Å². The van der Waals surface area contributed by atoms with E-state index in [9.17, 15) is 0 Å². The molecule has 0 N–H and O–H groups in total. The van der Waals surface area contributed by atoms with Gasteiger partial charge in [-0.3, -0.25) is 4.90 Å². The molecular weight excluding hydrogens is 326 g/mol. The van der Waals surface area contributed by atoms with Gasteiger partial charge in [-0.1, -0.05) is 12.8 Å². The highest BCUT2D eigenvalue weighted by Gasteiger charge is 2.25. The van der Waals surface area contributed by atoms with E-state index >= 15 is 0 Å². The Kier molecular flexibility index (Phi) is 4.76. The summed E-state index contributed by atoms with van der Waals surface area (Å²) in [7, 11) is 0. The van der Waals surface area contributed by atoms with Gasteiger partial charge in [-0.25, -0.2) is 9.97 Å². The zero-order chi connectivity index (χ0) is 15.6. The molecular formula is C17H23N3OS2. The van der Waals surface area contributed by atoms with Gasteiger partial charge in [0.25, 0.3) is 0 Å². The van der Waals surface area contributed by atoms with Crippen molar-refractivity contribution in [3.05, 3.63) is 32.2 Å². The molecule has 0 bridgehead atoms. The quantitative estimate of drug-likeness (QED) is 0.831. The van der Waals surface area contributed by atoms with E-state index in [1.165, 1.54) is 36.4 Å². The second kappa shape index (κ2) is 6.97. The average Bonchev–Trinajstić information content (AvgIpc) is 3.28.